The van der Waals surface area contributed by atoms with Gasteiger partial charge in [0.2, 0.25) is 0 Å². The highest BCUT2D eigenvalue weighted by molar-refractivity contribution is 5.79. The van der Waals surface area contributed by atoms with Crippen molar-refractivity contribution >= 4 is 5.96 Å². The first-order valence-electron chi connectivity index (χ1n) is 6.94. The smallest absolute Gasteiger partial charge is 0.191 e. The molecule has 3 N–H and O–H groups in total. The maximum absolute atomic E-state index is 13.2. The Morgan fingerprint density at radius 1 is 1.40 bits per heavy atom. The second-order valence-corrected chi connectivity index (χ2v) is 4.95. The third-order valence-corrected chi connectivity index (χ3v) is 2.92. The third-order valence-electron chi connectivity index (χ3n) is 2.92. The van der Waals surface area contributed by atoms with E-state index in [1.807, 2.05) is 13.8 Å². The molecule has 0 amide bonds. The van der Waals surface area contributed by atoms with E-state index in [0.717, 1.165) is 12.1 Å². The van der Waals surface area contributed by atoms with Gasteiger partial charge >= 0.3 is 0 Å². The van der Waals surface area contributed by atoms with Gasteiger partial charge in [0.15, 0.2) is 5.96 Å². The molecule has 0 radical (unpaired) electrons. The van der Waals surface area contributed by atoms with Crippen LogP contribution in [0.1, 0.15) is 25.0 Å². The zero-order chi connectivity index (χ0) is 15.0. The Balaban J connectivity index is 2.63. The number of aryl methyl sites for hydroxylation is 1. The van der Waals surface area contributed by atoms with Crippen LogP contribution in [0.2, 0.25) is 0 Å². The monoisotopic (exact) mass is 281 g/mol. The zero-order valence-corrected chi connectivity index (χ0v) is 12.4. The van der Waals surface area contributed by atoms with Crippen LogP contribution >= 0.6 is 0 Å². The molecule has 112 valence electrons. The van der Waals surface area contributed by atoms with Gasteiger partial charge in [-0.15, -0.1) is 0 Å². The number of hydrogen-bond donors (Lipinski definition) is 3. The van der Waals surface area contributed by atoms with Crippen molar-refractivity contribution in [3.8, 4) is 0 Å². The number of aliphatic hydroxyl groups is 1. The van der Waals surface area contributed by atoms with E-state index >= 15 is 0 Å². The van der Waals surface area contributed by atoms with Crippen molar-refractivity contribution in [1.29, 1.82) is 0 Å². The molecule has 1 unspecified atom stereocenters. The van der Waals surface area contributed by atoms with E-state index in [2.05, 4.69) is 15.6 Å². The lowest BCUT2D eigenvalue weighted by Crippen LogP contribution is -2.39. The van der Waals surface area contributed by atoms with Crippen molar-refractivity contribution < 1.29 is 9.50 Å². The van der Waals surface area contributed by atoms with Gasteiger partial charge in [-0.1, -0.05) is 19.1 Å². The van der Waals surface area contributed by atoms with Gasteiger partial charge in [0.1, 0.15) is 5.82 Å². The number of benzene rings is 1. The number of aliphatic hydroxyl groups excluding tert-OH is 1. The van der Waals surface area contributed by atoms with Crippen LogP contribution < -0.4 is 10.6 Å². The average Bonchev–Trinajstić information content (AvgIpc) is 2.45. The van der Waals surface area contributed by atoms with E-state index in [9.17, 15) is 4.39 Å². The Kier molecular flexibility index (Phi) is 7.01. The van der Waals surface area contributed by atoms with Crippen molar-refractivity contribution in [2.24, 2.45) is 10.9 Å². The summed E-state index contributed by atoms with van der Waals surface area (Å²) >= 11 is 0. The van der Waals surface area contributed by atoms with E-state index < -0.39 is 0 Å². The summed E-state index contributed by atoms with van der Waals surface area (Å²) in [5, 5.41) is 15.3. The fraction of sp³-hybridized carbons (Fsp3) is 0.533. The molecule has 5 heteroatoms. The predicted molar refractivity (Wildman–Crippen MR) is 80.2 cm³/mol. The molecule has 0 heterocycles. The van der Waals surface area contributed by atoms with Gasteiger partial charge in [-0.3, -0.25) is 0 Å². The standard InChI is InChI=1S/C15H24FN3O/c1-4-17-15(18-8-11(2)10-20)19-9-13-5-6-14(16)12(3)7-13/h5-7,11,20H,4,8-10H2,1-3H3,(H2,17,18,19). The Labute approximate surface area is 120 Å². The molecule has 4 nitrogen and oxygen atoms in total. The lowest BCUT2D eigenvalue weighted by atomic mass is 10.1. The van der Waals surface area contributed by atoms with Crippen LogP contribution in [-0.2, 0) is 6.54 Å². The number of hydrogen-bond acceptors (Lipinski definition) is 2. The van der Waals surface area contributed by atoms with Gasteiger partial charge in [0, 0.05) is 19.7 Å². The van der Waals surface area contributed by atoms with Crippen molar-refractivity contribution in [1.82, 2.24) is 10.6 Å². The van der Waals surface area contributed by atoms with Gasteiger partial charge in [-0.05, 0) is 37.0 Å². The SMILES string of the molecule is CCNC(=NCc1ccc(F)c(C)c1)NCC(C)CO. The van der Waals surface area contributed by atoms with Crippen molar-refractivity contribution in [3.63, 3.8) is 0 Å². The largest absolute Gasteiger partial charge is 0.396 e. The second kappa shape index (κ2) is 8.53. The molecule has 0 bridgehead atoms. The van der Waals surface area contributed by atoms with E-state index in [0.29, 0.717) is 24.6 Å². The number of halogens is 1. The van der Waals surface area contributed by atoms with Crippen LogP contribution in [0.4, 0.5) is 4.39 Å². The summed E-state index contributed by atoms with van der Waals surface area (Å²) in [4.78, 5) is 4.45. The molecule has 1 atom stereocenters. The first-order chi connectivity index (χ1) is 9.56. The molecule has 0 aliphatic heterocycles. The molecule has 0 aliphatic rings. The molecule has 0 saturated carbocycles. The van der Waals surface area contributed by atoms with Gasteiger partial charge in [0.25, 0.3) is 0 Å². The summed E-state index contributed by atoms with van der Waals surface area (Å²) in [6, 6.07) is 5.01. The van der Waals surface area contributed by atoms with E-state index in [1.165, 1.54) is 6.07 Å². The van der Waals surface area contributed by atoms with Crippen molar-refractivity contribution in [3.05, 3.63) is 35.1 Å². The zero-order valence-electron chi connectivity index (χ0n) is 12.4. The summed E-state index contributed by atoms with van der Waals surface area (Å²) < 4.78 is 13.2. The molecule has 0 saturated heterocycles. The average molecular weight is 281 g/mol. The summed E-state index contributed by atoms with van der Waals surface area (Å²) in [5.74, 6) is 0.682. The number of guanidine groups is 1. The summed E-state index contributed by atoms with van der Waals surface area (Å²) in [5.41, 5.74) is 1.60. The Bertz CT molecular complexity index is 449. The fourth-order valence-electron chi connectivity index (χ4n) is 1.65. The van der Waals surface area contributed by atoms with E-state index in [4.69, 9.17) is 5.11 Å². The highest BCUT2D eigenvalue weighted by Gasteiger charge is 2.03. The van der Waals surface area contributed by atoms with Crippen molar-refractivity contribution in [2.75, 3.05) is 19.7 Å². The van der Waals surface area contributed by atoms with Gasteiger partial charge in [0.05, 0.1) is 6.54 Å². The minimum Gasteiger partial charge on any atom is -0.396 e. The third kappa shape index (κ3) is 5.57. The Morgan fingerprint density at radius 3 is 2.75 bits per heavy atom. The van der Waals surface area contributed by atoms with E-state index in [-0.39, 0.29) is 18.3 Å². The highest BCUT2D eigenvalue weighted by atomic mass is 19.1. The topological polar surface area (TPSA) is 56.7 Å². The predicted octanol–water partition coefficient (Wildman–Crippen LogP) is 1.82. The lowest BCUT2D eigenvalue weighted by molar-refractivity contribution is 0.238. The minimum absolute atomic E-state index is 0.142. The summed E-state index contributed by atoms with van der Waals surface area (Å²) in [6.07, 6.45) is 0. The molecule has 1 aromatic rings. The normalized spacial score (nSPS) is 13.2. The van der Waals surface area contributed by atoms with Crippen LogP contribution in [0.25, 0.3) is 0 Å². The molecular weight excluding hydrogens is 257 g/mol. The Hall–Kier alpha value is -1.62. The highest BCUT2D eigenvalue weighted by Crippen LogP contribution is 2.09. The number of nitrogens with one attached hydrogen (secondary N) is 2. The Morgan fingerprint density at radius 2 is 2.15 bits per heavy atom. The molecule has 0 aliphatic carbocycles. The first-order valence-corrected chi connectivity index (χ1v) is 6.94. The van der Waals surface area contributed by atoms with Crippen LogP contribution in [-0.4, -0.2) is 30.8 Å². The van der Waals surface area contributed by atoms with Crippen molar-refractivity contribution in [2.45, 2.75) is 27.3 Å². The second-order valence-electron chi connectivity index (χ2n) is 4.95. The number of aliphatic imine (C=N–C) groups is 1. The molecular formula is C15H24FN3O. The van der Waals surface area contributed by atoms with E-state index in [1.54, 1.807) is 19.1 Å². The molecule has 0 spiro atoms. The van der Waals surface area contributed by atoms with Crippen LogP contribution in [0, 0.1) is 18.7 Å². The quantitative estimate of drug-likeness (QED) is 0.551. The molecule has 1 rings (SSSR count). The molecule has 0 fully saturated rings. The van der Waals surface area contributed by atoms with Gasteiger partial charge in [-0.2, -0.15) is 0 Å². The molecule has 20 heavy (non-hydrogen) atoms. The first kappa shape index (κ1) is 16.4. The number of rotatable bonds is 6. The molecule has 1 aromatic carbocycles. The summed E-state index contributed by atoms with van der Waals surface area (Å²) in [6.45, 7) is 7.75. The fourth-order valence-corrected chi connectivity index (χ4v) is 1.65. The minimum atomic E-state index is -0.195. The number of nitrogens with zero attached hydrogens (tertiary/aromatic N) is 1. The maximum Gasteiger partial charge on any atom is 0.191 e. The van der Waals surface area contributed by atoms with Crippen LogP contribution in [0.3, 0.4) is 0 Å². The molecule has 0 aromatic heterocycles. The van der Waals surface area contributed by atoms with Crippen LogP contribution in [0.5, 0.6) is 0 Å². The van der Waals surface area contributed by atoms with Crippen LogP contribution in [0.15, 0.2) is 23.2 Å². The van der Waals surface area contributed by atoms with Gasteiger partial charge in [-0.25, -0.2) is 9.38 Å². The maximum atomic E-state index is 13.2. The summed E-state index contributed by atoms with van der Waals surface area (Å²) in [7, 11) is 0. The lowest BCUT2D eigenvalue weighted by Gasteiger charge is -2.14. The van der Waals surface area contributed by atoms with Gasteiger partial charge < -0.3 is 15.7 Å².